The van der Waals surface area contributed by atoms with Crippen LogP contribution >= 0.6 is 23.4 Å². The van der Waals surface area contributed by atoms with Gasteiger partial charge in [0.15, 0.2) is 5.72 Å². The highest BCUT2D eigenvalue weighted by atomic mass is 35.5. The molecule has 0 aromatic heterocycles. The normalized spacial score (nSPS) is 33.0. The number of likely N-dealkylation sites (tertiary alicyclic amines) is 1. The number of carbonyl (C=O) groups is 8. The van der Waals surface area contributed by atoms with Crippen LogP contribution in [0.15, 0.2) is 35.9 Å². The lowest BCUT2D eigenvalue weighted by molar-refractivity contribution is -0.201. The summed E-state index contributed by atoms with van der Waals surface area (Å²) in [4.78, 5) is 111. The van der Waals surface area contributed by atoms with Crippen LogP contribution in [-0.4, -0.2) is 143 Å². The van der Waals surface area contributed by atoms with E-state index in [0.717, 1.165) is 16.7 Å². The molecule has 5 fully saturated rings. The number of alkyl carbamates (subject to hydrolysis) is 1. The molecule has 21 heteroatoms. The number of aryl methyl sites for hydroxylation is 1. The number of thioether (sulfide) groups is 1. The number of halogens is 1. The fourth-order valence-corrected chi connectivity index (χ4v) is 11.3. The summed E-state index contributed by atoms with van der Waals surface area (Å²) in [6.07, 6.45) is 3.58. The second-order valence-corrected chi connectivity index (χ2v) is 21.1. The number of ether oxygens (including phenoxy) is 5. The van der Waals surface area contributed by atoms with E-state index in [4.69, 9.17) is 40.1 Å². The van der Waals surface area contributed by atoms with E-state index in [1.807, 2.05) is 32.1 Å². The van der Waals surface area contributed by atoms with Gasteiger partial charge in [-0.05, 0) is 88.2 Å². The van der Waals surface area contributed by atoms with Crippen LogP contribution in [0.3, 0.4) is 0 Å². The average molecular weight is 1020 g/mol. The molecule has 4 bridgehead atoms. The third-order valence-electron chi connectivity index (χ3n) is 14.2. The van der Waals surface area contributed by atoms with Gasteiger partial charge in [0.05, 0.1) is 34.4 Å². The minimum atomic E-state index is -1.84. The first-order chi connectivity index (χ1) is 33.2. The topological polar surface area (TPSA) is 237 Å². The molecule has 8 atom stereocenters. The number of fused-ring (bicyclic) bond motifs is 5. The molecule has 0 spiro atoms. The van der Waals surface area contributed by atoms with Crippen molar-refractivity contribution in [3.8, 4) is 0 Å². The number of hydrogen-bond donors (Lipinski definition) is 2. The molecule has 382 valence electrons. The fourth-order valence-electron chi connectivity index (χ4n) is 10.0. The summed E-state index contributed by atoms with van der Waals surface area (Å²) in [6.45, 7) is 7.23. The van der Waals surface area contributed by atoms with E-state index in [-0.39, 0.29) is 63.0 Å². The third-order valence-corrected chi connectivity index (χ3v) is 16.0. The number of hydrogen-bond acceptors (Lipinski definition) is 16. The Morgan fingerprint density at radius 1 is 1.00 bits per heavy atom. The molecule has 5 heterocycles. The van der Waals surface area contributed by atoms with Crippen molar-refractivity contribution in [1.82, 2.24) is 15.3 Å². The molecule has 2 N–H and O–H groups in total. The van der Waals surface area contributed by atoms with Crippen LogP contribution < -0.4 is 10.2 Å². The van der Waals surface area contributed by atoms with Crippen molar-refractivity contribution in [2.24, 2.45) is 17.8 Å². The lowest BCUT2D eigenvalue weighted by atomic mass is 9.82. The zero-order chi connectivity index (χ0) is 50.7. The summed E-state index contributed by atoms with van der Waals surface area (Å²) in [7, 11) is 3.03. The maximum absolute atomic E-state index is 14.2. The summed E-state index contributed by atoms with van der Waals surface area (Å²) in [6, 6.07) is 3.78. The molecular weight excluding hydrogens is 952 g/mol. The van der Waals surface area contributed by atoms with Crippen LogP contribution in [0.5, 0.6) is 0 Å². The monoisotopic (exact) mass is 1010 g/mol. The number of carbonyl (C=O) groups excluding carboxylic acids is 8. The van der Waals surface area contributed by atoms with E-state index >= 15 is 0 Å². The van der Waals surface area contributed by atoms with Gasteiger partial charge in [-0.3, -0.25) is 34.2 Å². The van der Waals surface area contributed by atoms with E-state index in [9.17, 15) is 43.5 Å². The Hall–Kier alpha value is -4.86. The first kappa shape index (κ1) is 53.0. The minimum Gasteiger partial charge on any atom is -0.457 e. The van der Waals surface area contributed by atoms with E-state index in [1.165, 1.54) is 28.7 Å². The van der Waals surface area contributed by atoms with Crippen molar-refractivity contribution >= 4 is 76.6 Å². The Balaban J connectivity index is 0.926. The van der Waals surface area contributed by atoms with Crippen LogP contribution in [0.1, 0.15) is 96.1 Å². The molecular formula is C49H63ClN4O15S. The van der Waals surface area contributed by atoms with E-state index in [0.29, 0.717) is 60.1 Å². The summed E-state index contributed by atoms with van der Waals surface area (Å²) in [5.74, 6) is -3.93. The molecule has 6 amide bonds. The molecule has 70 heavy (non-hydrogen) atoms. The SMILES string of the molecule is CO[C@@H]1/C=C/C=C(\C)Cc2cc(C)c(Cl)c(c2)N(C)C(=O)C[C@H](OC(=O)COCCCSC2CC(=O)N(C[C@H]3CC[C@H](C(=O)ON4C(=O)CCC4=O)CC3)C2=O)[C@]2(C)O[C@H]2[C@H](C)[C@@H]2C[C@@]1(O)NC(=O)O2. The number of epoxide rings is 1. The van der Waals surface area contributed by atoms with Crippen LogP contribution in [0.2, 0.25) is 5.02 Å². The highest BCUT2D eigenvalue weighted by Crippen LogP contribution is 2.49. The number of anilines is 1. The first-order valence-corrected chi connectivity index (χ1v) is 25.3. The zero-order valence-electron chi connectivity index (χ0n) is 40.4. The van der Waals surface area contributed by atoms with Crippen molar-refractivity contribution in [2.45, 2.75) is 139 Å². The zero-order valence-corrected chi connectivity index (χ0v) is 42.0. The molecule has 5 aliphatic heterocycles. The van der Waals surface area contributed by atoms with Gasteiger partial charge in [0, 0.05) is 58.9 Å². The average Bonchev–Trinajstić information content (AvgIpc) is 3.82. The van der Waals surface area contributed by atoms with Crippen LogP contribution in [0.4, 0.5) is 10.5 Å². The Labute approximate surface area is 416 Å². The van der Waals surface area contributed by atoms with Gasteiger partial charge in [-0.1, -0.05) is 48.4 Å². The molecule has 1 aromatic rings. The number of aliphatic hydroxyl groups is 1. The summed E-state index contributed by atoms with van der Waals surface area (Å²) < 4.78 is 29.3. The highest BCUT2D eigenvalue weighted by molar-refractivity contribution is 8.00. The third kappa shape index (κ3) is 12.1. The summed E-state index contributed by atoms with van der Waals surface area (Å²) >= 11 is 8.13. The summed E-state index contributed by atoms with van der Waals surface area (Å²) in [5, 5.41) is 14.7. The maximum Gasteiger partial charge on any atom is 0.409 e. The molecule has 6 aliphatic rings. The molecule has 1 saturated carbocycles. The molecule has 1 unspecified atom stereocenters. The van der Waals surface area contributed by atoms with Gasteiger partial charge in [-0.15, -0.1) is 16.8 Å². The fraction of sp³-hybridized carbons (Fsp3) is 0.633. The number of amides is 6. The van der Waals surface area contributed by atoms with Crippen molar-refractivity contribution < 1.29 is 72.0 Å². The highest BCUT2D eigenvalue weighted by Gasteiger charge is 2.64. The Kier molecular flexibility index (Phi) is 16.9. The number of nitrogens with one attached hydrogen (secondary N) is 1. The predicted molar refractivity (Wildman–Crippen MR) is 253 cm³/mol. The van der Waals surface area contributed by atoms with Crippen LogP contribution in [0, 0.1) is 24.7 Å². The van der Waals surface area contributed by atoms with Gasteiger partial charge in [0.2, 0.25) is 17.7 Å². The molecule has 0 radical (unpaired) electrons. The number of benzene rings is 1. The van der Waals surface area contributed by atoms with Gasteiger partial charge >= 0.3 is 18.0 Å². The lowest BCUT2D eigenvalue weighted by Gasteiger charge is -2.42. The summed E-state index contributed by atoms with van der Waals surface area (Å²) in [5.41, 5.74) is 0.0281. The minimum absolute atomic E-state index is 0.00358. The number of imide groups is 2. The molecule has 7 rings (SSSR count). The number of rotatable bonds is 13. The number of allylic oxidation sites excluding steroid dienone is 3. The van der Waals surface area contributed by atoms with Crippen molar-refractivity contribution in [3.63, 3.8) is 0 Å². The Morgan fingerprint density at radius 3 is 2.41 bits per heavy atom. The molecule has 19 nitrogen and oxygen atoms in total. The number of nitrogens with zero attached hydrogens (tertiary/aromatic N) is 3. The predicted octanol–water partition coefficient (Wildman–Crippen LogP) is 4.65. The smallest absolute Gasteiger partial charge is 0.409 e. The number of esters is 1. The Bertz CT molecular complexity index is 2290. The van der Waals surface area contributed by atoms with Gasteiger partial charge in [0.1, 0.15) is 30.5 Å². The van der Waals surface area contributed by atoms with Gasteiger partial charge < -0.3 is 38.5 Å². The largest absolute Gasteiger partial charge is 0.457 e. The van der Waals surface area contributed by atoms with Gasteiger partial charge in [-0.2, -0.15) is 0 Å². The molecule has 1 aliphatic carbocycles. The molecule has 1 aromatic carbocycles. The number of hydroxylamine groups is 2. The van der Waals surface area contributed by atoms with E-state index in [1.54, 1.807) is 33.0 Å². The van der Waals surface area contributed by atoms with Gasteiger partial charge in [0.25, 0.3) is 11.8 Å². The molecule has 4 saturated heterocycles. The lowest BCUT2D eigenvalue weighted by Crippen LogP contribution is -2.63. The van der Waals surface area contributed by atoms with Crippen molar-refractivity contribution in [1.29, 1.82) is 0 Å². The van der Waals surface area contributed by atoms with Gasteiger partial charge in [-0.25, -0.2) is 14.4 Å². The second kappa shape index (κ2) is 22.3. The quantitative estimate of drug-likeness (QED) is 0.118. The van der Waals surface area contributed by atoms with Crippen molar-refractivity contribution in [3.05, 3.63) is 52.1 Å². The first-order valence-electron chi connectivity index (χ1n) is 23.8. The second-order valence-electron chi connectivity index (χ2n) is 19.4. The standard InChI is InChI=1S/C49H63ClN4O15S/c1-27-9-7-10-36(64-6)49(63)24-34(66-47(62)51-49)29(3)44-48(4,68-44)37(23-40(57)52(5)33-21-31(19-27)20-28(2)43(33)50)67-42(59)26-65-17-8-18-70-35-22-41(58)53(45(35)60)25-30-11-13-32(14-12-30)46(61)69-54-38(55)15-16-39(54)56/h7,9-10,20-21,29-30,32,34-37,44,63H,8,11-19,22-26H2,1-6H3,(H,51,62)/b10-7+,27-9+/t29-,30-,32-,34+,35?,36-,37+,44+,48+,49+/m1/s1. The van der Waals surface area contributed by atoms with Crippen LogP contribution in [-0.2, 0) is 68.5 Å². The van der Waals surface area contributed by atoms with Crippen molar-refractivity contribution in [2.75, 3.05) is 44.6 Å². The van der Waals surface area contributed by atoms with Crippen LogP contribution in [0.25, 0.3) is 0 Å². The maximum atomic E-state index is 14.2. The van der Waals surface area contributed by atoms with E-state index < -0.39 is 95.2 Å². The Morgan fingerprint density at radius 2 is 1.71 bits per heavy atom. The number of methoxy groups -OCH3 is 1. The van der Waals surface area contributed by atoms with E-state index in [2.05, 4.69) is 5.32 Å².